The van der Waals surface area contributed by atoms with Crippen LogP contribution in [0.25, 0.3) is 0 Å². The monoisotopic (exact) mass is 351 g/mol. The van der Waals surface area contributed by atoms with Crippen molar-refractivity contribution in [1.29, 1.82) is 0 Å². The molecule has 0 fully saturated rings. The molecule has 0 spiro atoms. The molecule has 0 bridgehead atoms. The van der Waals surface area contributed by atoms with E-state index in [-0.39, 0.29) is 5.69 Å². The van der Waals surface area contributed by atoms with Gasteiger partial charge in [0.1, 0.15) is 11.5 Å². The lowest BCUT2D eigenvalue weighted by Crippen LogP contribution is -1.95. The number of ether oxygens (including phenoxy) is 1. The molecule has 1 N–H and O–H groups in total. The lowest BCUT2D eigenvalue weighted by Gasteiger charge is -2.10. The third-order valence-electron chi connectivity index (χ3n) is 3.00. The molecule has 2 aromatic rings. The van der Waals surface area contributed by atoms with Crippen LogP contribution in [-0.4, -0.2) is 10.0 Å². The number of hydrogen-bond donors (Lipinski definition) is 1. The summed E-state index contributed by atoms with van der Waals surface area (Å²) in [6.45, 7) is 1.90. The topological polar surface area (TPSA) is 72.6 Å². The van der Waals surface area contributed by atoms with Gasteiger partial charge in [-0.15, -0.1) is 0 Å². The summed E-state index contributed by atoms with van der Waals surface area (Å²) in [6.07, 6.45) is 0.139. The number of aliphatic hydroxyl groups is 1. The van der Waals surface area contributed by atoms with Gasteiger partial charge >= 0.3 is 0 Å². The SMILES string of the molecule is CC[C@@H](O)c1ccc(Oc2cc([N+](=O)[O-])ccc2Br)cc1. The van der Waals surface area contributed by atoms with Crippen LogP contribution >= 0.6 is 15.9 Å². The molecular formula is C15H14BrNO4. The van der Waals surface area contributed by atoms with Gasteiger partial charge in [-0.05, 0) is 46.1 Å². The molecule has 0 heterocycles. The van der Waals surface area contributed by atoms with Crippen LogP contribution in [0.5, 0.6) is 11.5 Å². The molecule has 0 aromatic heterocycles. The van der Waals surface area contributed by atoms with E-state index < -0.39 is 11.0 Å². The Kier molecular flexibility index (Phi) is 4.93. The fraction of sp³-hybridized carbons (Fsp3) is 0.200. The van der Waals surface area contributed by atoms with E-state index in [4.69, 9.17) is 4.74 Å². The summed E-state index contributed by atoms with van der Waals surface area (Å²) >= 11 is 3.30. The maximum Gasteiger partial charge on any atom is 0.273 e. The van der Waals surface area contributed by atoms with Crippen molar-refractivity contribution in [1.82, 2.24) is 0 Å². The molecule has 0 aliphatic rings. The standard InChI is InChI=1S/C15H14BrNO4/c1-2-14(18)10-3-6-12(7-4-10)21-15-9-11(17(19)20)5-8-13(15)16/h3-9,14,18H,2H2,1H3/t14-/m1/s1. The van der Waals surface area contributed by atoms with E-state index in [2.05, 4.69) is 15.9 Å². The van der Waals surface area contributed by atoms with Gasteiger partial charge in [-0.2, -0.15) is 0 Å². The van der Waals surface area contributed by atoms with Crippen molar-refractivity contribution < 1.29 is 14.8 Å². The molecule has 0 unspecified atom stereocenters. The van der Waals surface area contributed by atoms with Crippen molar-refractivity contribution in [2.45, 2.75) is 19.4 Å². The van der Waals surface area contributed by atoms with Crippen LogP contribution in [0.4, 0.5) is 5.69 Å². The van der Waals surface area contributed by atoms with Gasteiger partial charge in [0.05, 0.1) is 21.6 Å². The molecule has 6 heteroatoms. The summed E-state index contributed by atoms with van der Waals surface area (Å²) in [6, 6.07) is 11.3. The summed E-state index contributed by atoms with van der Waals surface area (Å²) in [5, 5.41) is 20.5. The quantitative estimate of drug-likeness (QED) is 0.631. The fourth-order valence-electron chi connectivity index (χ4n) is 1.80. The van der Waals surface area contributed by atoms with Crippen LogP contribution in [0.2, 0.25) is 0 Å². The number of nitro groups is 1. The summed E-state index contributed by atoms with van der Waals surface area (Å²) in [5.74, 6) is 0.913. The Morgan fingerprint density at radius 2 is 1.95 bits per heavy atom. The van der Waals surface area contributed by atoms with Gasteiger partial charge < -0.3 is 9.84 Å². The van der Waals surface area contributed by atoms with Crippen LogP contribution in [-0.2, 0) is 0 Å². The van der Waals surface area contributed by atoms with Crippen molar-refractivity contribution in [3.63, 3.8) is 0 Å². The first-order valence-electron chi connectivity index (χ1n) is 6.41. The second-order valence-corrected chi connectivity index (χ2v) is 5.32. The molecule has 0 radical (unpaired) electrons. The average molecular weight is 352 g/mol. The fourth-order valence-corrected chi connectivity index (χ4v) is 2.13. The first-order chi connectivity index (χ1) is 10.0. The van der Waals surface area contributed by atoms with Gasteiger partial charge in [0.15, 0.2) is 0 Å². The number of nitrogens with zero attached hydrogens (tertiary/aromatic N) is 1. The van der Waals surface area contributed by atoms with E-state index in [0.29, 0.717) is 22.4 Å². The molecule has 0 aliphatic heterocycles. The third-order valence-corrected chi connectivity index (χ3v) is 3.66. The van der Waals surface area contributed by atoms with Gasteiger partial charge in [0, 0.05) is 6.07 Å². The summed E-state index contributed by atoms with van der Waals surface area (Å²) < 4.78 is 6.27. The summed E-state index contributed by atoms with van der Waals surface area (Å²) in [5.41, 5.74) is 0.772. The van der Waals surface area contributed by atoms with Crippen molar-refractivity contribution in [3.8, 4) is 11.5 Å². The molecule has 0 saturated carbocycles. The van der Waals surface area contributed by atoms with Gasteiger partial charge in [-0.1, -0.05) is 19.1 Å². The van der Waals surface area contributed by atoms with E-state index in [0.717, 1.165) is 5.56 Å². The number of halogens is 1. The zero-order valence-electron chi connectivity index (χ0n) is 11.3. The number of aliphatic hydroxyl groups excluding tert-OH is 1. The minimum atomic E-state index is -0.497. The number of rotatable bonds is 5. The molecule has 2 rings (SSSR count). The van der Waals surface area contributed by atoms with Crippen LogP contribution in [0.1, 0.15) is 25.0 Å². The molecule has 1 atom stereocenters. The van der Waals surface area contributed by atoms with Gasteiger partial charge in [0.25, 0.3) is 5.69 Å². The van der Waals surface area contributed by atoms with Crippen molar-refractivity contribution in [2.24, 2.45) is 0 Å². The Balaban J connectivity index is 2.22. The number of hydrogen-bond acceptors (Lipinski definition) is 4. The summed E-state index contributed by atoms with van der Waals surface area (Å²) in [7, 11) is 0. The van der Waals surface area contributed by atoms with Crippen LogP contribution in [0, 0.1) is 10.1 Å². The minimum absolute atomic E-state index is 0.0359. The van der Waals surface area contributed by atoms with E-state index in [1.54, 1.807) is 30.3 Å². The Morgan fingerprint density at radius 3 is 2.52 bits per heavy atom. The number of nitro benzene ring substituents is 1. The highest BCUT2D eigenvalue weighted by atomic mass is 79.9. The van der Waals surface area contributed by atoms with Crippen LogP contribution in [0.15, 0.2) is 46.9 Å². The maximum absolute atomic E-state index is 10.8. The first-order valence-corrected chi connectivity index (χ1v) is 7.20. The lowest BCUT2D eigenvalue weighted by molar-refractivity contribution is -0.384. The molecule has 0 saturated heterocycles. The highest BCUT2D eigenvalue weighted by Gasteiger charge is 2.11. The van der Waals surface area contributed by atoms with Gasteiger partial charge in [-0.25, -0.2) is 0 Å². The maximum atomic E-state index is 10.8. The first kappa shape index (κ1) is 15.5. The van der Waals surface area contributed by atoms with Gasteiger partial charge in [-0.3, -0.25) is 10.1 Å². The molecular weight excluding hydrogens is 338 g/mol. The van der Waals surface area contributed by atoms with E-state index in [1.807, 2.05) is 6.92 Å². The highest BCUT2D eigenvalue weighted by Crippen LogP contribution is 2.33. The molecule has 2 aromatic carbocycles. The van der Waals surface area contributed by atoms with Crippen LogP contribution < -0.4 is 4.74 Å². The smallest absolute Gasteiger partial charge is 0.273 e. The van der Waals surface area contributed by atoms with Crippen molar-refractivity contribution in [3.05, 3.63) is 62.6 Å². The molecule has 0 aliphatic carbocycles. The molecule has 110 valence electrons. The summed E-state index contributed by atoms with van der Waals surface area (Å²) in [4.78, 5) is 10.3. The Bertz CT molecular complexity index is 643. The number of benzene rings is 2. The second kappa shape index (κ2) is 6.69. The van der Waals surface area contributed by atoms with Gasteiger partial charge in [0.2, 0.25) is 0 Å². The highest BCUT2D eigenvalue weighted by molar-refractivity contribution is 9.10. The largest absolute Gasteiger partial charge is 0.456 e. The number of non-ortho nitro benzene ring substituents is 1. The zero-order chi connectivity index (χ0) is 15.4. The lowest BCUT2D eigenvalue weighted by atomic mass is 10.1. The Hall–Kier alpha value is -1.92. The van der Waals surface area contributed by atoms with Crippen molar-refractivity contribution in [2.75, 3.05) is 0 Å². The molecule has 21 heavy (non-hydrogen) atoms. The normalized spacial score (nSPS) is 12.0. The minimum Gasteiger partial charge on any atom is -0.456 e. The predicted molar refractivity (Wildman–Crippen MR) is 82.6 cm³/mol. The van der Waals surface area contributed by atoms with E-state index in [9.17, 15) is 15.2 Å². The van der Waals surface area contributed by atoms with E-state index in [1.165, 1.54) is 12.1 Å². The van der Waals surface area contributed by atoms with E-state index >= 15 is 0 Å². The van der Waals surface area contributed by atoms with Crippen LogP contribution in [0.3, 0.4) is 0 Å². The predicted octanol–water partition coefficient (Wildman–Crippen LogP) is 4.59. The molecule has 5 nitrogen and oxygen atoms in total. The second-order valence-electron chi connectivity index (χ2n) is 4.47. The molecule has 0 amide bonds. The Morgan fingerprint density at radius 1 is 1.29 bits per heavy atom. The Labute approximate surface area is 130 Å². The average Bonchev–Trinajstić information content (AvgIpc) is 2.49. The third kappa shape index (κ3) is 3.80. The van der Waals surface area contributed by atoms with Crippen molar-refractivity contribution >= 4 is 21.6 Å². The zero-order valence-corrected chi connectivity index (χ0v) is 12.9.